The highest BCUT2D eigenvalue weighted by Gasteiger charge is 2.21. The van der Waals surface area contributed by atoms with Crippen LogP contribution >= 0.6 is 11.8 Å². The van der Waals surface area contributed by atoms with Crippen LogP contribution in [0.1, 0.15) is 32.5 Å². The van der Waals surface area contributed by atoms with Gasteiger partial charge in [-0.25, -0.2) is 0 Å². The first-order chi connectivity index (χ1) is 10.1. The smallest absolute Gasteiger partial charge is 0.191 e. The number of nitrogens with zero attached hydrogens (tertiary/aromatic N) is 4. The fourth-order valence-electron chi connectivity index (χ4n) is 2.58. The molecule has 21 heavy (non-hydrogen) atoms. The summed E-state index contributed by atoms with van der Waals surface area (Å²) in [5.41, 5.74) is 1.37. The molecule has 0 aromatic carbocycles. The number of hydrogen-bond acceptors (Lipinski definition) is 5. The van der Waals surface area contributed by atoms with Gasteiger partial charge in [0, 0.05) is 13.2 Å². The van der Waals surface area contributed by atoms with Crippen molar-refractivity contribution in [3.05, 3.63) is 17.5 Å². The van der Waals surface area contributed by atoms with E-state index >= 15 is 0 Å². The van der Waals surface area contributed by atoms with E-state index in [9.17, 15) is 0 Å². The minimum atomic E-state index is 0.313. The number of allylic oxidation sites excluding steroid dienone is 1. The molecular weight excluding hydrogens is 284 g/mol. The van der Waals surface area contributed by atoms with Gasteiger partial charge in [-0.15, -0.1) is 10.2 Å². The quantitative estimate of drug-likeness (QED) is 0.572. The molecule has 118 valence electrons. The fraction of sp³-hybridized carbons (Fsp3) is 0.733. The summed E-state index contributed by atoms with van der Waals surface area (Å²) in [6.07, 6.45) is 6.82. The SMILES string of the molecule is C/C=C(\C)CN(C)Cc1nnc(SC)n1C[C@H]1CCCO1. The highest BCUT2D eigenvalue weighted by Crippen LogP contribution is 2.20. The van der Waals surface area contributed by atoms with E-state index < -0.39 is 0 Å². The molecule has 0 unspecified atom stereocenters. The summed E-state index contributed by atoms with van der Waals surface area (Å²) in [4.78, 5) is 2.27. The molecule has 0 saturated carbocycles. The summed E-state index contributed by atoms with van der Waals surface area (Å²) < 4.78 is 7.98. The van der Waals surface area contributed by atoms with Crippen molar-refractivity contribution in [2.75, 3.05) is 26.5 Å². The van der Waals surface area contributed by atoms with Crippen molar-refractivity contribution >= 4 is 11.8 Å². The number of ether oxygens (including phenoxy) is 1. The summed E-state index contributed by atoms with van der Waals surface area (Å²) >= 11 is 1.65. The largest absolute Gasteiger partial charge is 0.376 e. The fourth-order valence-corrected chi connectivity index (χ4v) is 3.10. The zero-order chi connectivity index (χ0) is 15.2. The minimum absolute atomic E-state index is 0.313. The Bertz CT molecular complexity index is 480. The standard InChI is InChI=1S/C15H26N4OS/c1-5-12(2)9-18(3)11-14-16-17-15(21-4)19(14)10-13-7-6-8-20-13/h5,13H,6-11H2,1-4H3/b12-5+/t13-/m1/s1. The van der Waals surface area contributed by atoms with E-state index in [-0.39, 0.29) is 0 Å². The Kier molecular flexibility index (Phi) is 6.26. The maximum Gasteiger partial charge on any atom is 0.191 e. The highest BCUT2D eigenvalue weighted by molar-refractivity contribution is 7.98. The molecule has 1 atom stereocenters. The summed E-state index contributed by atoms with van der Waals surface area (Å²) in [5.74, 6) is 1.03. The molecule has 2 heterocycles. The summed E-state index contributed by atoms with van der Waals surface area (Å²) in [6, 6.07) is 0. The van der Waals surface area contributed by atoms with Crippen LogP contribution in [0.25, 0.3) is 0 Å². The van der Waals surface area contributed by atoms with Crippen LogP contribution in [0.15, 0.2) is 16.8 Å². The van der Waals surface area contributed by atoms with Crippen LogP contribution < -0.4 is 0 Å². The topological polar surface area (TPSA) is 43.2 Å². The highest BCUT2D eigenvalue weighted by atomic mass is 32.2. The first kappa shape index (κ1) is 16.5. The Labute approximate surface area is 131 Å². The third kappa shape index (κ3) is 4.56. The molecular formula is C15H26N4OS. The first-order valence-corrected chi connectivity index (χ1v) is 8.74. The summed E-state index contributed by atoms with van der Waals surface area (Å²) in [6.45, 7) is 7.76. The predicted molar refractivity (Wildman–Crippen MR) is 86.5 cm³/mol. The van der Waals surface area contributed by atoms with Gasteiger partial charge in [-0.1, -0.05) is 23.4 Å². The van der Waals surface area contributed by atoms with Crippen LogP contribution in [0.5, 0.6) is 0 Å². The molecule has 0 N–H and O–H groups in total. The van der Waals surface area contributed by atoms with Crippen LogP contribution in [-0.2, 0) is 17.8 Å². The molecule has 1 saturated heterocycles. The summed E-state index contributed by atoms with van der Waals surface area (Å²) in [5, 5.41) is 9.67. The van der Waals surface area contributed by atoms with E-state index in [2.05, 4.69) is 46.6 Å². The number of thioether (sulfide) groups is 1. The van der Waals surface area contributed by atoms with Crippen LogP contribution in [0.4, 0.5) is 0 Å². The molecule has 0 bridgehead atoms. The van der Waals surface area contributed by atoms with Gasteiger partial charge in [-0.3, -0.25) is 4.90 Å². The molecule has 1 aromatic heterocycles. The molecule has 0 amide bonds. The maximum absolute atomic E-state index is 5.76. The normalized spacial score (nSPS) is 19.7. The monoisotopic (exact) mass is 310 g/mol. The van der Waals surface area contributed by atoms with Gasteiger partial charge in [0.2, 0.25) is 0 Å². The van der Waals surface area contributed by atoms with Gasteiger partial charge >= 0.3 is 0 Å². The first-order valence-electron chi connectivity index (χ1n) is 7.52. The van der Waals surface area contributed by atoms with E-state index in [0.717, 1.165) is 50.1 Å². The van der Waals surface area contributed by atoms with Gasteiger partial charge in [-0.2, -0.15) is 0 Å². The molecule has 0 aliphatic carbocycles. The molecule has 1 aliphatic heterocycles. The van der Waals surface area contributed by atoms with Crippen LogP contribution in [0.3, 0.4) is 0 Å². The second-order valence-corrected chi connectivity index (χ2v) is 6.43. The Hall–Kier alpha value is -0.850. The molecule has 6 heteroatoms. The van der Waals surface area contributed by atoms with Gasteiger partial charge in [0.05, 0.1) is 19.2 Å². The molecule has 0 spiro atoms. The van der Waals surface area contributed by atoms with E-state index in [0.29, 0.717) is 6.10 Å². The second-order valence-electron chi connectivity index (χ2n) is 5.66. The van der Waals surface area contributed by atoms with Crippen molar-refractivity contribution < 1.29 is 4.74 Å². The van der Waals surface area contributed by atoms with Crippen LogP contribution in [0, 0.1) is 0 Å². The third-order valence-corrected chi connectivity index (χ3v) is 4.48. The summed E-state index contributed by atoms with van der Waals surface area (Å²) in [7, 11) is 2.12. The van der Waals surface area contributed by atoms with Gasteiger partial charge in [-0.05, 0) is 40.0 Å². The lowest BCUT2D eigenvalue weighted by Gasteiger charge is -2.19. The predicted octanol–water partition coefficient (Wildman–Crippen LogP) is 2.58. The lowest BCUT2D eigenvalue weighted by atomic mass is 10.2. The lowest BCUT2D eigenvalue weighted by molar-refractivity contribution is 0.0935. The van der Waals surface area contributed by atoms with Gasteiger partial charge in [0.1, 0.15) is 5.82 Å². The van der Waals surface area contributed by atoms with Crippen molar-refractivity contribution in [3.8, 4) is 0 Å². The molecule has 5 nitrogen and oxygen atoms in total. The van der Waals surface area contributed by atoms with E-state index in [4.69, 9.17) is 4.74 Å². The minimum Gasteiger partial charge on any atom is -0.376 e. The van der Waals surface area contributed by atoms with E-state index in [1.54, 1.807) is 11.8 Å². The van der Waals surface area contributed by atoms with Gasteiger partial charge < -0.3 is 9.30 Å². The van der Waals surface area contributed by atoms with Crippen LogP contribution in [-0.4, -0.2) is 52.2 Å². The Balaban J connectivity index is 2.05. The number of aromatic nitrogens is 3. The molecule has 2 rings (SSSR count). The zero-order valence-corrected chi connectivity index (χ0v) is 14.3. The average molecular weight is 310 g/mol. The van der Waals surface area contributed by atoms with Crippen molar-refractivity contribution in [2.45, 2.75) is 51.0 Å². The molecule has 0 radical (unpaired) electrons. The van der Waals surface area contributed by atoms with Gasteiger partial charge in [0.15, 0.2) is 5.16 Å². The van der Waals surface area contributed by atoms with E-state index in [1.165, 1.54) is 5.57 Å². The molecule has 1 aromatic rings. The maximum atomic E-state index is 5.76. The van der Waals surface area contributed by atoms with Crippen LogP contribution in [0.2, 0.25) is 0 Å². The lowest BCUT2D eigenvalue weighted by Crippen LogP contribution is -2.24. The third-order valence-electron chi connectivity index (χ3n) is 3.81. The van der Waals surface area contributed by atoms with Crippen molar-refractivity contribution in [2.24, 2.45) is 0 Å². The number of rotatable bonds is 7. The van der Waals surface area contributed by atoms with Gasteiger partial charge in [0.25, 0.3) is 0 Å². The molecule has 1 aliphatic rings. The Morgan fingerprint density at radius 2 is 2.33 bits per heavy atom. The molecule has 1 fully saturated rings. The second kappa shape index (κ2) is 7.96. The average Bonchev–Trinajstić information content (AvgIpc) is 3.10. The number of likely N-dealkylation sites (N-methyl/N-ethyl adjacent to an activating group) is 1. The van der Waals surface area contributed by atoms with Crippen molar-refractivity contribution in [1.82, 2.24) is 19.7 Å². The number of hydrogen-bond donors (Lipinski definition) is 0. The Morgan fingerprint density at radius 3 is 2.95 bits per heavy atom. The van der Waals surface area contributed by atoms with Crippen molar-refractivity contribution in [3.63, 3.8) is 0 Å². The van der Waals surface area contributed by atoms with Crippen molar-refractivity contribution in [1.29, 1.82) is 0 Å². The van der Waals surface area contributed by atoms with E-state index in [1.807, 2.05) is 6.26 Å². The zero-order valence-electron chi connectivity index (χ0n) is 13.5. The Morgan fingerprint density at radius 1 is 1.52 bits per heavy atom.